The largest absolute Gasteiger partial charge is 0.347 e. The molecule has 6 nitrogen and oxygen atoms in total. The Kier molecular flexibility index (Phi) is 3.41. The fourth-order valence-corrected chi connectivity index (χ4v) is 2.26. The van der Waals surface area contributed by atoms with Crippen LogP contribution in [0.4, 0.5) is 5.82 Å². The molecule has 0 aliphatic carbocycles. The van der Waals surface area contributed by atoms with Gasteiger partial charge in [-0.3, -0.25) is 0 Å². The average molecular weight is 258 g/mol. The van der Waals surface area contributed by atoms with Crippen molar-refractivity contribution in [2.45, 2.75) is 26.6 Å². The first-order valence-corrected chi connectivity index (χ1v) is 6.65. The first-order chi connectivity index (χ1) is 9.36. The van der Waals surface area contributed by atoms with Crippen molar-refractivity contribution in [3.05, 3.63) is 36.0 Å². The van der Waals surface area contributed by atoms with Crippen LogP contribution in [0, 0.1) is 0 Å². The van der Waals surface area contributed by atoms with Gasteiger partial charge in [0.2, 0.25) is 0 Å². The van der Waals surface area contributed by atoms with Crippen LogP contribution in [-0.2, 0) is 19.6 Å². The van der Waals surface area contributed by atoms with Gasteiger partial charge in [0.15, 0.2) is 5.82 Å². The number of anilines is 1. The Balaban J connectivity index is 1.76. The van der Waals surface area contributed by atoms with E-state index in [1.165, 1.54) is 0 Å². The summed E-state index contributed by atoms with van der Waals surface area (Å²) < 4.78 is 2.10. The second kappa shape index (κ2) is 5.36. The number of pyridine rings is 1. The molecule has 2 aromatic rings. The summed E-state index contributed by atoms with van der Waals surface area (Å²) in [5.74, 6) is 2.02. The normalized spacial score (nSPS) is 14.5. The van der Waals surface area contributed by atoms with Crippen molar-refractivity contribution < 1.29 is 0 Å². The van der Waals surface area contributed by atoms with Crippen LogP contribution in [0.5, 0.6) is 0 Å². The number of aromatic nitrogens is 4. The van der Waals surface area contributed by atoms with E-state index in [1.54, 1.807) is 6.33 Å². The third kappa shape index (κ3) is 2.58. The molecule has 1 aliphatic rings. The highest BCUT2D eigenvalue weighted by Gasteiger charge is 2.18. The predicted octanol–water partition coefficient (Wildman–Crippen LogP) is 0.803. The molecule has 19 heavy (non-hydrogen) atoms. The molecular formula is C13H18N6. The first-order valence-electron chi connectivity index (χ1n) is 6.65. The van der Waals surface area contributed by atoms with E-state index in [4.69, 9.17) is 4.98 Å². The van der Waals surface area contributed by atoms with E-state index in [-0.39, 0.29) is 0 Å². The van der Waals surface area contributed by atoms with Gasteiger partial charge in [-0.2, -0.15) is 0 Å². The lowest BCUT2D eigenvalue weighted by atomic mass is 10.3. The highest BCUT2D eigenvalue weighted by atomic mass is 15.3. The molecule has 0 fully saturated rings. The lowest BCUT2D eigenvalue weighted by Gasteiger charge is -2.28. The van der Waals surface area contributed by atoms with Gasteiger partial charge in [0.1, 0.15) is 12.1 Å². The van der Waals surface area contributed by atoms with E-state index in [0.717, 1.165) is 50.1 Å². The lowest BCUT2D eigenvalue weighted by molar-refractivity contribution is 0.555. The Labute approximate surface area is 112 Å². The third-order valence-corrected chi connectivity index (χ3v) is 3.31. The van der Waals surface area contributed by atoms with Gasteiger partial charge in [-0.1, -0.05) is 13.0 Å². The Bertz CT molecular complexity index is 550. The maximum absolute atomic E-state index is 4.70. The molecule has 0 unspecified atom stereocenters. The maximum Gasteiger partial charge on any atom is 0.152 e. The Hall–Kier alpha value is -1.95. The molecule has 1 aliphatic heterocycles. The van der Waals surface area contributed by atoms with Crippen LogP contribution in [0.3, 0.4) is 0 Å². The smallest absolute Gasteiger partial charge is 0.152 e. The molecule has 0 radical (unpaired) electrons. The second-order valence-electron chi connectivity index (χ2n) is 4.63. The topological polar surface area (TPSA) is 58.9 Å². The minimum absolute atomic E-state index is 0.775. The van der Waals surface area contributed by atoms with E-state index in [2.05, 4.69) is 50.1 Å². The van der Waals surface area contributed by atoms with Crippen LogP contribution in [0.1, 0.15) is 18.4 Å². The summed E-state index contributed by atoms with van der Waals surface area (Å²) in [6.45, 7) is 6.51. The van der Waals surface area contributed by atoms with Crippen molar-refractivity contribution in [2.24, 2.45) is 0 Å². The minimum atomic E-state index is 0.775. The maximum atomic E-state index is 4.70. The van der Waals surface area contributed by atoms with Crippen LogP contribution in [-0.4, -0.2) is 32.8 Å². The summed E-state index contributed by atoms with van der Waals surface area (Å²) in [7, 11) is 0. The SMILES string of the molecule is CCNCc1cccc(N2CCn3cnnc3C2)n1. The van der Waals surface area contributed by atoms with Gasteiger partial charge in [0, 0.05) is 19.6 Å². The van der Waals surface area contributed by atoms with E-state index in [9.17, 15) is 0 Å². The van der Waals surface area contributed by atoms with Gasteiger partial charge >= 0.3 is 0 Å². The van der Waals surface area contributed by atoms with Crippen molar-refractivity contribution in [3.63, 3.8) is 0 Å². The molecule has 0 amide bonds. The fourth-order valence-electron chi connectivity index (χ4n) is 2.26. The number of nitrogens with one attached hydrogen (secondary N) is 1. The van der Waals surface area contributed by atoms with Crippen LogP contribution in [0.15, 0.2) is 24.5 Å². The standard InChI is InChI=1S/C13H18N6/c1-2-14-8-11-4-3-5-12(16-11)18-6-7-19-10-15-17-13(19)9-18/h3-5,10,14H,2,6-9H2,1H3. The Morgan fingerprint density at radius 2 is 2.26 bits per heavy atom. The summed E-state index contributed by atoms with van der Waals surface area (Å²) in [6.07, 6.45) is 1.79. The fraction of sp³-hybridized carbons (Fsp3) is 0.462. The average Bonchev–Trinajstić information content (AvgIpc) is 2.92. The van der Waals surface area contributed by atoms with Gasteiger partial charge in [-0.25, -0.2) is 4.98 Å². The molecule has 1 N–H and O–H groups in total. The van der Waals surface area contributed by atoms with E-state index in [1.807, 2.05) is 0 Å². The molecular weight excluding hydrogens is 240 g/mol. The Morgan fingerprint density at radius 3 is 3.16 bits per heavy atom. The third-order valence-electron chi connectivity index (χ3n) is 3.31. The molecule has 0 atom stereocenters. The molecule has 0 spiro atoms. The summed E-state index contributed by atoms with van der Waals surface area (Å²) in [5.41, 5.74) is 1.08. The van der Waals surface area contributed by atoms with Gasteiger partial charge < -0.3 is 14.8 Å². The number of rotatable bonds is 4. The summed E-state index contributed by atoms with van der Waals surface area (Å²) in [6, 6.07) is 6.18. The monoisotopic (exact) mass is 258 g/mol. The molecule has 100 valence electrons. The Morgan fingerprint density at radius 1 is 1.32 bits per heavy atom. The van der Waals surface area contributed by atoms with Gasteiger partial charge in [-0.05, 0) is 18.7 Å². The highest BCUT2D eigenvalue weighted by molar-refractivity contribution is 5.40. The van der Waals surface area contributed by atoms with Crippen molar-refractivity contribution >= 4 is 5.82 Å². The summed E-state index contributed by atoms with van der Waals surface area (Å²) >= 11 is 0. The number of hydrogen-bond acceptors (Lipinski definition) is 5. The van der Waals surface area contributed by atoms with Crippen LogP contribution >= 0.6 is 0 Å². The van der Waals surface area contributed by atoms with Crippen LogP contribution < -0.4 is 10.2 Å². The van der Waals surface area contributed by atoms with E-state index >= 15 is 0 Å². The van der Waals surface area contributed by atoms with Gasteiger partial charge in [-0.15, -0.1) is 10.2 Å². The molecule has 0 aromatic carbocycles. The zero-order valence-corrected chi connectivity index (χ0v) is 11.1. The molecule has 0 saturated heterocycles. The minimum Gasteiger partial charge on any atom is -0.347 e. The molecule has 3 heterocycles. The van der Waals surface area contributed by atoms with Gasteiger partial charge in [0.05, 0.1) is 12.2 Å². The van der Waals surface area contributed by atoms with Crippen molar-refractivity contribution in [2.75, 3.05) is 18.0 Å². The van der Waals surface area contributed by atoms with Gasteiger partial charge in [0.25, 0.3) is 0 Å². The van der Waals surface area contributed by atoms with E-state index in [0.29, 0.717) is 0 Å². The quantitative estimate of drug-likeness (QED) is 0.879. The predicted molar refractivity (Wildman–Crippen MR) is 72.7 cm³/mol. The summed E-state index contributed by atoms with van der Waals surface area (Å²) in [4.78, 5) is 6.95. The molecule has 3 rings (SSSR count). The molecule has 0 saturated carbocycles. The first kappa shape index (κ1) is 12.1. The van der Waals surface area contributed by atoms with Crippen molar-refractivity contribution in [3.8, 4) is 0 Å². The molecule has 2 aromatic heterocycles. The highest BCUT2D eigenvalue weighted by Crippen LogP contribution is 2.17. The second-order valence-corrected chi connectivity index (χ2v) is 4.63. The number of hydrogen-bond donors (Lipinski definition) is 1. The van der Waals surface area contributed by atoms with E-state index < -0.39 is 0 Å². The van der Waals surface area contributed by atoms with Crippen LogP contribution in [0.2, 0.25) is 0 Å². The molecule has 0 bridgehead atoms. The van der Waals surface area contributed by atoms with Crippen molar-refractivity contribution in [1.29, 1.82) is 0 Å². The summed E-state index contributed by atoms with van der Waals surface area (Å²) in [5, 5.41) is 11.4. The zero-order chi connectivity index (χ0) is 13.1. The number of fused-ring (bicyclic) bond motifs is 1. The lowest BCUT2D eigenvalue weighted by Crippen LogP contribution is -2.34. The zero-order valence-electron chi connectivity index (χ0n) is 11.1. The number of nitrogens with zero attached hydrogens (tertiary/aromatic N) is 5. The van der Waals surface area contributed by atoms with Crippen LogP contribution in [0.25, 0.3) is 0 Å². The molecule has 6 heteroatoms. The van der Waals surface area contributed by atoms with Crippen molar-refractivity contribution in [1.82, 2.24) is 25.1 Å².